The Labute approximate surface area is 78.4 Å². The summed E-state index contributed by atoms with van der Waals surface area (Å²) in [5, 5.41) is 3.08. The Morgan fingerprint density at radius 1 is 1.46 bits per heavy atom. The van der Waals surface area contributed by atoms with Crippen LogP contribution in [0.3, 0.4) is 0 Å². The van der Waals surface area contributed by atoms with Crippen LogP contribution in [0.15, 0.2) is 23.0 Å². The van der Waals surface area contributed by atoms with Crippen molar-refractivity contribution in [1.29, 1.82) is 0 Å². The van der Waals surface area contributed by atoms with Gasteiger partial charge in [0.05, 0.1) is 0 Å². The maximum Gasteiger partial charge on any atom is 0.250 e. The normalized spacial score (nSPS) is 10.3. The SMILES string of the molecule is CNCCCc1cccc(=O)n1C. The van der Waals surface area contributed by atoms with Crippen LogP contribution in [-0.4, -0.2) is 18.2 Å². The van der Waals surface area contributed by atoms with E-state index >= 15 is 0 Å². The molecule has 0 aliphatic rings. The summed E-state index contributed by atoms with van der Waals surface area (Å²) in [6, 6.07) is 5.40. The molecule has 3 heteroatoms. The first kappa shape index (κ1) is 9.99. The lowest BCUT2D eigenvalue weighted by molar-refractivity contribution is 0.680. The van der Waals surface area contributed by atoms with Gasteiger partial charge in [-0.3, -0.25) is 4.79 Å². The zero-order chi connectivity index (χ0) is 9.68. The number of nitrogens with zero attached hydrogens (tertiary/aromatic N) is 1. The first-order chi connectivity index (χ1) is 6.25. The first-order valence-corrected chi connectivity index (χ1v) is 4.55. The summed E-state index contributed by atoms with van der Waals surface area (Å²) >= 11 is 0. The van der Waals surface area contributed by atoms with Crippen molar-refractivity contribution in [3.05, 3.63) is 34.2 Å². The minimum Gasteiger partial charge on any atom is -0.320 e. The standard InChI is InChI=1S/C10H16N2O/c1-11-8-4-6-9-5-3-7-10(13)12(9)2/h3,5,7,11H,4,6,8H2,1-2H3. The van der Waals surface area contributed by atoms with Gasteiger partial charge in [-0.15, -0.1) is 0 Å². The summed E-state index contributed by atoms with van der Waals surface area (Å²) in [4.78, 5) is 11.2. The second-order valence-electron chi connectivity index (χ2n) is 3.12. The van der Waals surface area contributed by atoms with Crippen molar-refractivity contribution >= 4 is 0 Å². The average Bonchev–Trinajstić information content (AvgIpc) is 2.13. The lowest BCUT2D eigenvalue weighted by Crippen LogP contribution is -2.19. The fourth-order valence-electron chi connectivity index (χ4n) is 1.30. The van der Waals surface area contributed by atoms with Crippen LogP contribution in [-0.2, 0) is 13.5 Å². The fourth-order valence-corrected chi connectivity index (χ4v) is 1.30. The minimum atomic E-state index is 0.0713. The van der Waals surface area contributed by atoms with Crippen molar-refractivity contribution in [2.75, 3.05) is 13.6 Å². The lowest BCUT2D eigenvalue weighted by atomic mass is 10.2. The predicted octanol–water partition coefficient (Wildman–Crippen LogP) is 0.537. The molecule has 0 unspecified atom stereocenters. The molecular weight excluding hydrogens is 164 g/mol. The molecule has 0 spiro atoms. The van der Waals surface area contributed by atoms with E-state index in [2.05, 4.69) is 5.32 Å². The van der Waals surface area contributed by atoms with Gasteiger partial charge in [-0.2, -0.15) is 0 Å². The van der Waals surface area contributed by atoms with E-state index in [9.17, 15) is 4.79 Å². The van der Waals surface area contributed by atoms with E-state index in [0.717, 1.165) is 25.1 Å². The molecule has 0 bridgehead atoms. The van der Waals surface area contributed by atoms with Crippen LogP contribution < -0.4 is 10.9 Å². The number of hydrogen-bond donors (Lipinski definition) is 1. The van der Waals surface area contributed by atoms with Crippen molar-refractivity contribution in [2.45, 2.75) is 12.8 Å². The zero-order valence-electron chi connectivity index (χ0n) is 8.21. The van der Waals surface area contributed by atoms with Gasteiger partial charge in [-0.25, -0.2) is 0 Å². The Balaban J connectivity index is 2.66. The molecule has 3 nitrogen and oxygen atoms in total. The molecular formula is C10H16N2O. The van der Waals surface area contributed by atoms with E-state index in [-0.39, 0.29) is 5.56 Å². The predicted molar refractivity (Wildman–Crippen MR) is 53.9 cm³/mol. The summed E-state index contributed by atoms with van der Waals surface area (Å²) in [6.45, 7) is 0.989. The third-order valence-corrected chi connectivity index (χ3v) is 2.15. The number of hydrogen-bond acceptors (Lipinski definition) is 2. The van der Waals surface area contributed by atoms with Gasteiger partial charge in [0.1, 0.15) is 0 Å². The van der Waals surface area contributed by atoms with Crippen LogP contribution in [0.2, 0.25) is 0 Å². The van der Waals surface area contributed by atoms with E-state index in [1.165, 1.54) is 0 Å². The topological polar surface area (TPSA) is 34.0 Å². The van der Waals surface area contributed by atoms with Gasteiger partial charge >= 0.3 is 0 Å². The number of aromatic nitrogens is 1. The van der Waals surface area contributed by atoms with E-state index in [1.807, 2.05) is 26.2 Å². The molecule has 1 aromatic heterocycles. The highest BCUT2D eigenvalue weighted by atomic mass is 16.1. The van der Waals surface area contributed by atoms with E-state index in [0.29, 0.717) is 0 Å². The minimum absolute atomic E-state index is 0.0713. The van der Waals surface area contributed by atoms with Gasteiger partial charge in [0.15, 0.2) is 0 Å². The third-order valence-electron chi connectivity index (χ3n) is 2.15. The Morgan fingerprint density at radius 2 is 2.23 bits per heavy atom. The molecule has 0 radical (unpaired) electrons. The monoisotopic (exact) mass is 180 g/mol. The van der Waals surface area contributed by atoms with E-state index < -0.39 is 0 Å². The first-order valence-electron chi connectivity index (χ1n) is 4.55. The van der Waals surface area contributed by atoms with Gasteiger partial charge in [-0.1, -0.05) is 6.07 Å². The molecule has 0 amide bonds. The molecule has 1 aromatic rings. The second-order valence-corrected chi connectivity index (χ2v) is 3.12. The average molecular weight is 180 g/mol. The van der Waals surface area contributed by atoms with Gasteiger partial charge in [-0.05, 0) is 32.5 Å². The molecule has 0 saturated carbocycles. The van der Waals surface area contributed by atoms with Crippen LogP contribution in [0.5, 0.6) is 0 Å². The lowest BCUT2D eigenvalue weighted by Gasteiger charge is -2.06. The molecule has 0 aromatic carbocycles. The highest BCUT2D eigenvalue weighted by Crippen LogP contribution is 1.97. The Kier molecular flexibility index (Phi) is 3.71. The molecule has 0 aliphatic carbocycles. The fraction of sp³-hybridized carbons (Fsp3) is 0.500. The molecule has 13 heavy (non-hydrogen) atoms. The van der Waals surface area contributed by atoms with Gasteiger partial charge in [0.25, 0.3) is 0 Å². The summed E-state index contributed by atoms with van der Waals surface area (Å²) in [6.07, 6.45) is 2.02. The molecule has 72 valence electrons. The van der Waals surface area contributed by atoms with Gasteiger partial charge < -0.3 is 9.88 Å². The number of aryl methyl sites for hydroxylation is 1. The third kappa shape index (κ3) is 2.70. The number of pyridine rings is 1. The Bertz CT molecular complexity index is 317. The van der Waals surface area contributed by atoms with Crippen molar-refractivity contribution in [2.24, 2.45) is 7.05 Å². The van der Waals surface area contributed by atoms with E-state index in [4.69, 9.17) is 0 Å². The largest absolute Gasteiger partial charge is 0.320 e. The van der Waals surface area contributed by atoms with Crippen LogP contribution in [0.25, 0.3) is 0 Å². The van der Waals surface area contributed by atoms with Crippen molar-refractivity contribution in [3.63, 3.8) is 0 Å². The van der Waals surface area contributed by atoms with Crippen LogP contribution in [0.1, 0.15) is 12.1 Å². The summed E-state index contributed by atoms with van der Waals surface area (Å²) < 4.78 is 1.70. The smallest absolute Gasteiger partial charge is 0.250 e. The second kappa shape index (κ2) is 4.82. The van der Waals surface area contributed by atoms with Crippen molar-refractivity contribution in [1.82, 2.24) is 9.88 Å². The summed E-state index contributed by atoms with van der Waals surface area (Å²) in [5.74, 6) is 0. The van der Waals surface area contributed by atoms with Crippen molar-refractivity contribution in [3.8, 4) is 0 Å². The maximum absolute atomic E-state index is 11.2. The Morgan fingerprint density at radius 3 is 2.92 bits per heavy atom. The molecule has 1 rings (SSSR count). The summed E-state index contributed by atoms with van der Waals surface area (Å²) in [7, 11) is 3.75. The molecule has 0 fully saturated rings. The Hall–Kier alpha value is -1.09. The molecule has 0 aliphatic heterocycles. The van der Waals surface area contributed by atoms with Crippen molar-refractivity contribution < 1.29 is 0 Å². The number of rotatable bonds is 4. The van der Waals surface area contributed by atoms with Crippen LogP contribution in [0.4, 0.5) is 0 Å². The molecule has 0 atom stereocenters. The number of nitrogens with one attached hydrogen (secondary N) is 1. The highest BCUT2D eigenvalue weighted by molar-refractivity contribution is 5.06. The quantitative estimate of drug-likeness (QED) is 0.686. The summed E-state index contributed by atoms with van der Waals surface area (Å²) in [5.41, 5.74) is 1.17. The van der Waals surface area contributed by atoms with E-state index in [1.54, 1.807) is 10.6 Å². The molecule has 1 heterocycles. The highest BCUT2D eigenvalue weighted by Gasteiger charge is 1.97. The van der Waals surface area contributed by atoms with Crippen LogP contribution in [0, 0.1) is 0 Å². The molecule has 1 N–H and O–H groups in total. The maximum atomic E-state index is 11.2. The zero-order valence-corrected chi connectivity index (χ0v) is 8.21. The van der Waals surface area contributed by atoms with Gasteiger partial charge in [0.2, 0.25) is 5.56 Å². The van der Waals surface area contributed by atoms with Gasteiger partial charge in [0, 0.05) is 18.8 Å². The molecule has 0 saturated heterocycles. The van der Waals surface area contributed by atoms with Crippen LogP contribution >= 0.6 is 0 Å².